The van der Waals surface area contributed by atoms with Crippen molar-refractivity contribution in [1.29, 1.82) is 0 Å². The van der Waals surface area contributed by atoms with Crippen LogP contribution in [0.2, 0.25) is 0 Å². The van der Waals surface area contributed by atoms with Crippen molar-refractivity contribution < 1.29 is 0 Å². The lowest BCUT2D eigenvalue weighted by molar-refractivity contribution is 1.73. The molecule has 0 aliphatic rings. The Bertz CT molecular complexity index is 101. The zero-order valence-corrected chi connectivity index (χ0v) is 6.78. The standard InChI is InChI=1S/C5H7Cl.C3H6/c1-3-4-5(2)6;1-3-2/h3-4H,2H2,1H3;3H,1H2,2H3/b4-3+;. The fourth-order valence-electron chi connectivity index (χ4n) is 0.181. The van der Waals surface area contributed by atoms with Crippen molar-refractivity contribution in [2.75, 3.05) is 0 Å². The van der Waals surface area contributed by atoms with Crippen LogP contribution >= 0.6 is 11.6 Å². The van der Waals surface area contributed by atoms with Crippen molar-refractivity contribution in [3.63, 3.8) is 0 Å². The van der Waals surface area contributed by atoms with Crippen LogP contribution in [-0.2, 0) is 0 Å². The van der Waals surface area contributed by atoms with E-state index in [4.69, 9.17) is 11.6 Å². The van der Waals surface area contributed by atoms with Gasteiger partial charge in [-0.15, -0.1) is 6.58 Å². The fraction of sp³-hybridized carbons (Fsp3) is 0.250. The van der Waals surface area contributed by atoms with E-state index in [9.17, 15) is 0 Å². The van der Waals surface area contributed by atoms with Gasteiger partial charge in [0, 0.05) is 5.03 Å². The summed E-state index contributed by atoms with van der Waals surface area (Å²) < 4.78 is 0. The van der Waals surface area contributed by atoms with Crippen molar-refractivity contribution >= 4 is 11.6 Å². The Morgan fingerprint density at radius 3 is 1.78 bits per heavy atom. The molecule has 0 saturated carbocycles. The van der Waals surface area contributed by atoms with Crippen LogP contribution in [-0.4, -0.2) is 0 Å². The molecule has 0 saturated heterocycles. The molecule has 0 bridgehead atoms. The summed E-state index contributed by atoms with van der Waals surface area (Å²) in [5, 5.41) is 0.581. The molecule has 0 aliphatic heterocycles. The summed E-state index contributed by atoms with van der Waals surface area (Å²) >= 11 is 5.30. The second-order valence-electron chi connectivity index (χ2n) is 1.36. The van der Waals surface area contributed by atoms with Gasteiger partial charge in [0.1, 0.15) is 0 Å². The molecule has 1 heteroatoms. The Hall–Kier alpha value is -0.490. The van der Waals surface area contributed by atoms with Gasteiger partial charge in [0.05, 0.1) is 0 Å². The maximum atomic E-state index is 5.30. The van der Waals surface area contributed by atoms with E-state index < -0.39 is 0 Å². The number of hydrogen-bond donors (Lipinski definition) is 0. The Kier molecular flexibility index (Phi) is 13.2. The van der Waals surface area contributed by atoms with E-state index in [1.165, 1.54) is 0 Å². The van der Waals surface area contributed by atoms with Gasteiger partial charge in [-0.05, 0) is 19.9 Å². The largest absolute Gasteiger partial charge is 0.103 e. The minimum Gasteiger partial charge on any atom is -0.103 e. The third-order valence-corrected chi connectivity index (χ3v) is 0.474. The average molecular weight is 145 g/mol. The Morgan fingerprint density at radius 1 is 1.44 bits per heavy atom. The van der Waals surface area contributed by atoms with Crippen LogP contribution in [0.15, 0.2) is 36.4 Å². The monoisotopic (exact) mass is 144 g/mol. The summed E-state index contributed by atoms with van der Waals surface area (Å²) in [6.07, 6.45) is 5.33. The van der Waals surface area contributed by atoms with Gasteiger partial charge < -0.3 is 0 Å². The van der Waals surface area contributed by atoms with Gasteiger partial charge in [-0.25, -0.2) is 0 Å². The summed E-state index contributed by atoms with van der Waals surface area (Å²) in [6.45, 7) is 10.6. The second kappa shape index (κ2) is 10.5. The van der Waals surface area contributed by atoms with Gasteiger partial charge in [0.15, 0.2) is 0 Å². The Morgan fingerprint density at radius 2 is 1.78 bits per heavy atom. The fourth-order valence-corrected chi connectivity index (χ4v) is 0.307. The van der Waals surface area contributed by atoms with Crippen LogP contribution in [0.1, 0.15) is 13.8 Å². The maximum absolute atomic E-state index is 5.30. The van der Waals surface area contributed by atoms with Gasteiger partial charge in [-0.1, -0.05) is 30.3 Å². The molecule has 0 unspecified atom stereocenters. The van der Waals surface area contributed by atoms with E-state index in [2.05, 4.69) is 13.2 Å². The molecule has 52 valence electrons. The highest BCUT2D eigenvalue weighted by Gasteiger charge is 1.67. The highest BCUT2D eigenvalue weighted by atomic mass is 35.5. The molecule has 0 atom stereocenters. The minimum atomic E-state index is 0.581. The quantitative estimate of drug-likeness (QED) is 0.390. The first-order valence-electron chi connectivity index (χ1n) is 2.73. The number of rotatable bonds is 1. The minimum absolute atomic E-state index is 0.581. The van der Waals surface area contributed by atoms with Crippen LogP contribution in [0.25, 0.3) is 0 Å². The SMILES string of the molecule is C=C(Cl)/C=C/C.C=CC. The van der Waals surface area contributed by atoms with Crippen LogP contribution in [0.4, 0.5) is 0 Å². The molecule has 9 heavy (non-hydrogen) atoms. The molecule has 0 amide bonds. The summed E-state index contributed by atoms with van der Waals surface area (Å²) in [7, 11) is 0. The predicted molar refractivity (Wildman–Crippen MR) is 45.7 cm³/mol. The topological polar surface area (TPSA) is 0 Å². The lowest BCUT2D eigenvalue weighted by Crippen LogP contribution is -1.48. The molecule has 0 rings (SSSR count). The van der Waals surface area contributed by atoms with Crippen molar-refractivity contribution in [2.45, 2.75) is 13.8 Å². The number of hydrogen-bond acceptors (Lipinski definition) is 0. The lowest BCUT2D eigenvalue weighted by atomic mass is 10.5. The van der Waals surface area contributed by atoms with Gasteiger partial charge in [-0.2, -0.15) is 0 Å². The molecule has 0 aliphatic carbocycles. The Balaban J connectivity index is 0. The molecule has 0 aromatic rings. The molecule has 0 spiro atoms. The van der Waals surface area contributed by atoms with E-state index in [-0.39, 0.29) is 0 Å². The van der Waals surface area contributed by atoms with Crippen LogP contribution in [0, 0.1) is 0 Å². The number of halogens is 1. The van der Waals surface area contributed by atoms with Crippen LogP contribution in [0.3, 0.4) is 0 Å². The van der Waals surface area contributed by atoms with Crippen molar-refractivity contribution in [2.24, 2.45) is 0 Å². The molecule has 0 nitrogen and oxygen atoms in total. The lowest BCUT2D eigenvalue weighted by Gasteiger charge is -1.72. The van der Waals surface area contributed by atoms with E-state index >= 15 is 0 Å². The summed E-state index contributed by atoms with van der Waals surface area (Å²) in [6, 6.07) is 0. The highest BCUT2D eigenvalue weighted by Crippen LogP contribution is 1.95. The van der Waals surface area contributed by atoms with Crippen molar-refractivity contribution in [1.82, 2.24) is 0 Å². The summed E-state index contributed by atoms with van der Waals surface area (Å²) in [5.74, 6) is 0. The zero-order valence-electron chi connectivity index (χ0n) is 6.02. The first kappa shape index (κ1) is 11.3. The highest BCUT2D eigenvalue weighted by molar-refractivity contribution is 6.30. The maximum Gasteiger partial charge on any atom is 0.0330 e. The van der Waals surface area contributed by atoms with Gasteiger partial charge in [-0.3, -0.25) is 0 Å². The molecule has 0 heterocycles. The van der Waals surface area contributed by atoms with E-state index in [1.54, 1.807) is 12.2 Å². The number of allylic oxidation sites excluding steroid dienone is 4. The van der Waals surface area contributed by atoms with Crippen LogP contribution in [0.5, 0.6) is 0 Å². The van der Waals surface area contributed by atoms with Gasteiger partial charge in [0.25, 0.3) is 0 Å². The van der Waals surface area contributed by atoms with Gasteiger partial charge in [0.2, 0.25) is 0 Å². The van der Waals surface area contributed by atoms with E-state index in [0.717, 1.165) is 0 Å². The van der Waals surface area contributed by atoms with E-state index in [1.807, 2.05) is 19.9 Å². The average Bonchev–Trinajstić information content (AvgIpc) is 1.67. The van der Waals surface area contributed by atoms with Crippen LogP contribution < -0.4 is 0 Å². The summed E-state index contributed by atoms with van der Waals surface area (Å²) in [4.78, 5) is 0. The molecule has 0 fully saturated rings. The molecular weight excluding hydrogens is 132 g/mol. The smallest absolute Gasteiger partial charge is 0.0330 e. The first-order valence-corrected chi connectivity index (χ1v) is 3.11. The first-order chi connectivity index (χ1) is 4.18. The predicted octanol–water partition coefficient (Wildman–Crippen LogP) is 3.51. The van der Waals surface area contributed by atoms with Crippen molar-refractivity contribution in [3.8, 4) is 0 Å². The molecule has 0 aromatic carbocycles. The molecule has 0 radical (unpaired) electrons. The third kappa shape index (κ3) is 36.2. The normalized spacial score (nSPS) is 7.89. The second-order valence-corrected chi connectivity index (χ2v) is 1.84. The molecular formula is C8H13Cl. The molecule has 0 N–H and O–H groups in total. The molecule has 0 aromatic heterocycles. The van der Waals surface area contributed by atoms with Crippen molar-refractivity contribution in [3.05, 3.63) is 36.4 Å². The van der Waals surface area contributed by atoms with E-state index in [0.29, 0.717) is 5.03 Å². The zero-order chi connectivity index (χ0) is 7.70. The van der Waals surface area contributed by atoms with Gasteiger partial charge >= 0.3 is 0 Å². The Labute approximate surface area is 62.5 Å². The summed E-state index contributed by atoms with van der Waals surface area (Å²) in [5.41, 5.74) is 0. The third-order valence-electron chi connectivity index (χ3n) is 0.348.